The largest absolute Gasteiger partial charge is 0.463 e. The Morgan fingerprint density at radius 2 is 1.31 bits per heavy atom. The summed E-state index contributed by atoms with van der Waals surface area (Å²) in [5, 5.41) is 2.95. The van der Waals surface area contributed by atoms with E-state index in [0.717, 1.165) is 37.5 Å². The van der Waals surface area contributed by atoms with Gasteiger partial charge in [-0.2, -0.15) is 0 Å². The van der Waals surface area contributed by atoms with E-state index in [1.165, 1.54) is 12.1 Å². The smallest absolute Gasteiger partial charge is 0.303 e. The zero-order valence-electron chi connectivity index (χ0n) is 27.0. The number of ether oxygens (including phenoxy) is 5. The van der Waals surface area contributed by atoms with E-state index in [4.69, 9.17) is 28.7 Å². The van der Waals surface area contributed by atoms with Gasteiger partial charge < -0.3 is 29.0 Å². The molecule has 16 nitrogen and oxygen atoms in total. The number of benzene rings is 2. The molecule has 2 aromatic rings. The third kappa shape index (κ3) is 7.75. The molecule has 1 fully saturated rings. The number of esters is 4. The number of carbonyl (C=O) groups excluding carboxylic acids is 7. The first kappa shape index (κ1) is 34.7. The lowest BCUT2D eigenvalue weighted by molar-refractivity contribution is -0.255. The summed E-state index contributed by atoms with van der Waals surface area (Å²) >= 11 is 0. The minimum Gasteiger partial charge on any atom is -0.463 e. The molecular weight excluding hydrogens is 644 g/mol. The summed E-state index contributed by atoms with van der Waals surface area (Å²) in [6.45, 7) is 3.41. The Morgan fingerprint density at radius 3 is 1.88 bits per heavy atom. The number of aliphatic imine (C=N–C) groups is 1. The molecule has 0 aliphatic carbocycles. The van der Waals surface area contributed by atoms with Crippen LogP contribution in [0.15, 0.2) is 59.6 Å². The van der Waals surface area contributed by atoms with Crippen LogP contribution in [0.5, 0.6) is 0 Å². The van der Waals surface area contributed by atoms with Gasteiger partial charge >= 0.3 is 23.9 Å². The van der Waals surface area contributed by atoms with Crippen LogP contribution < -0.4 is 5.32 Å². The second-order valence-electron chi connectivity index (χ2n) is 11.4. The van der Waals surface area contributed by atoms with E-state index in [9.17, 15) is 33.6 Å². The van der Waals surface area contributed by atoms with Crippen LogP contribution in [0.4, 0.5) is 0 Å². The molecule has 3 amide bonds. The van der Waals surface area contributed by atoms with Gasteiger partial charge in [0.05, 0.1) is 23.6 Å². The Hall–Kier alpha value is -5.64. The standard InChI is InChI=1S/C33H34N4O12/c1-17(38)45-15-25-27(46-18(2)39)28(47-19(3)40)29(48-20(4)41)30(49-25)35-33-34-24(21-10-6-5-7-11-21)14-26(42)36(33)16-37-31(43)22-12-8-9-13-23(22)32(37)44/h5-13,24-25,27-30H,14-16H2,1-4H3,(H,34,35)/t24-,25+,27+,28-,29+,30+/m0/s1. The molecule has 5 rings (SSSR count). The molecule has 49 heavy (non-hydrogen) atoms. The fraction of sp³-hybridized carbons (Fsp3) is 0.394. The van der Waals surface area contributed by atoms with Crippen LogP contribution in [0.25, 0.3) is 0 Å². The average Bonchev–Trinajstić information content (AvgIpc) is 3.28. The minimum absolute atomic E-state index is 0.128. The van der Waals surface area contributed by atoms with Gasteiger partial charge in [0, 0.05) is 27.7 Å². The Labute approximate surface area is 280 Å². The van der Waals surface area contributed by atoms with Crippen molar-refractivity contribution in [3.8, 4) is 0 Å². The molecular formula is C33H34N4O12. The predicted octanol–water partition coefficient (Wildman–Crippen LogP) is 1.24. The van der Waals surface area contributed by atoms with Gasteiger partial charge in [-0.1, -0.05) is 42.5 Å². The Morgan fingerprint density at radius 1 is 0.755 bits per heavy atom. The van der Waals surface area contributed by atoms with E-state index in [1.807, 2.05) is 0 Å². The maximum absolute atomic E-state index is 13.8. The lowest BCUT2D eigenvalue weighted by atomic mass is 9.97. The molecule has 1 N–H and O–H groups in total. The normalized spacial score (nSPS) is 24.8. The number of guanidine groups is 1. The molecule has 258 valence electrons. The summed E-state index contributed by atoms with van der Waals surface area (Å²) in [7, 11) is 0. The second-order valence-corrected chi connectivity index (χ2v) is 11.4. The Bertz CT molecular complexity index is 1660. The third-order valence-corrected chi connectivity index (χ3v) is 7.81. The lowest BCUT2D eigenvalue weighted by Crippen LogP contribution is -2.68. The molecule has 3 heterocycles. The Kier molecular flexibility index (Phi) is 10.4. The van der Waals surface area contributed by atoms with Crippen molar-refractivity contribution in [2.24, 2.45) is 4.99 Å². The summed E-state index contributed by atoms with van der Waals surface area (Å²) in [5.74, 6) is -5.09. The highest BCUT2D eigenvalue weighted by Gasteiger charge is 2.53. The van der Waals surface area contributed by atoms with Crippen molar-refractivity contribution in [3.63, 3.8) is 0 Å². The number of amides is 3. The molecule has 16 heteroatoms. The van der Waals surface area contributed by atoms with Crippen molar-refractivity contribution in [1.82, 2.24) is 15.1 Å². The average molecular weight is 679 g/mol. The van der Waals surface area contributed by atoms with Gasteiger partial charge in [0.2, 0.25) is 11.9 Å². The van der Waals surface area contributed by atoms with E-state index >= 15 is 0 Å². The van der Waals surface area contributed by atoms with Crippen LogP contribution in [-0.2, 0) is 47.7 Å². The SMILES string of the molecule is CC(=O)OC[C@H]1O[C@@H](NC2=N[C@H](c3ccccc3)CC(=O)N2CN2C(=O)c3ccccc3C2=O)[C@H](OC(C)=O)[C@@H](OC(C)=O)[C@@H]1OC(C)=O. The van der Waals surface area contributed by atoms with Gasteiger partial charge in [0.25, 0.3) is 11.8 Å². The van der Waals surface area contributed by atoms with Crippen LogP contribution in [-0.4, -0.2) is 101 Å². The van der Waals surface area contributed by atoms with Gasteiger partial charge in [-0.25, -0.2) is 4.99 Å². The van der Waals surface area contributed by atoms with Crippen molar-refractivity contribution in [2.75, 3.05) is 13.3 Å². The van der Waals surface area contributed by atoms with Gasteiger partial charge in [-0.3, -0.25) is 43.4 Å². The number of imide groups is 1. The first-order chi connectivity index (χ1) is 23.3. The molecule has 6 atom stereocenters. The van der Waals surface area contributed by atoms with Crippen LogP contribution in [0.1, 0.15) is 66.4 Å². The molecule has 0 saturated carbocycles. The molecule has 0 unspecified atom stereocenters. The zero-order chi connectivity index (χ0) is 35.4. The highest BCUT2D eigenvalue weighted by Crippen LogP contribution is 2.31. The quantitative estimate of drug-likeness (QED) is 0.226. The van der Waals surface area contributed by atoms with E-state index < -0.39 is 91.6 Å². The van der Waals surface area contributed by atoms with Crippen molar-refractivity contribution in [2.45, 2.75) is 70.8 Å². The summed E-state index contributed by atoms with van der Waals surface area (Å²) in [6.07, 6.45) is -7.31. The number of nitrogens with one attached hydrogen (secondary N) is 1. The van der Waals surface area contributed by atoms with Gasteiger partial charge in [-0.15, -0.1) is 0 Å². The van der Waals surface area contributed by atoms with Crippen molar-refractivity contribution in [1.29, 1.82) is 0 Å². The van der Waals surface area contributed by atoms with Crippen molar-refractivity contribution in [3.05, 3.63) is 71.3 Å². The molecule has 1 saturated heterocycles. The maximum atomic E-state index is 13.8. The molecule has 3 aliphatic rings. The second kappa shape index (κ2) is 14.6. The summed E-state index contributed by atoms with van der Waals surface area (Å²) in [4.78, 5) is 95.7. The third-order valence-electron chi connectivity index (χ3n) is 7.81. The lowest BCUT2D eigenvalue weighted by Gasteiger charge is -2.45. The van der Waals surface area contributed by atoms with Crippen LogP contribution >= 0.6 is 0 Å². The van der Waals surface area contributed by atoms with E-state index in [-0.39, 0.29) is 23.5 Å². The number of carbonyl (C=O) groups is 7. The minimum atomic E-state index is -1.52. The molecule has 0 bridgehead atoms. The number of hydrogen-bond acceptors (Lipinski definition) is 14. The topological polar surface area (TPSA) is 197 Å². The van der Waals surface area contributed by atoms with Crippen LogP contribution in [0, 0.1) is 0 Å². The molecule has 0 radical (unpaired) electrons. The highest BCUT2D eigenvalue weighted by atomic mass is 16.7. The number of rotatable bonds is 9. The monoisotopic (exact) mass is 678 g/mol. The van der Waals surface area contributed by atoms with Gasteiger partial charge in [-0.05, 0) is 17.7 Å². The van der Waals surface area contributed by atoms with Crippen LogP contribution in [0.2, 0.25) is 0 Å². The fourth-order valence-electron chi connectivity index (χ4n) is 5.77. The maximum Gasteiger partial charge on any atom is 0.303 e. The fourth-order valence-corrected chi connectivity index (χ4v) is 5.77. The Balaban J connectivity index is 1.55. The van der Waals surface area contributed by atoms with Crippen LogP contribution in [0.3, 0.4) is 0 Å². The first-order valence-corrected chi connectivity index (χ1v) is 15.3. The summed E-state index contributed by atoms with van der Waals surface area (Å²) in [6, 6.07) is 14.4. The number of fused-ring (bicyclic) bond motifs is 1. The van der Waals surface area contributed by atoms with E-state index in [2.05, 4.69) is 5.32 Å². The number of nitrogens with zero attached hydrogens (tertiary/aromatic N) is 3. The van der Waals surface area contributed by atoms with Gasteiger partial charge in [0.15, 0.2) is 24.5 Å². The predicted molar refractivity (Wildman–Crippen MR) is 165 cm³/mol. The van der Waals surface area contributed by atoms with E-state index in [1.54, 1.807) is 42.5 Å². The summed E-state index contributed by atoms with van der Waals surface area (Å²) < 4.78 is 27.8. The van der Waals surface area contributed by atoms with Crippen molar-refractivity contribution < 1.29 is 57.2 Å². The number of hydrogen-bond donors (Lipinski definition) is 1. The van der Waals surface area contributed by atoms with Crippen molar-refractivity contribution >= 4 is 47.6 Å². The highest BCUT2D eigenvalue weighted by molar-refractivity contribution is 6.21. The zero-order valence-corrected chi connectivity index (χ0v) is 27.0. The van der Waals surface area contributed by atoms with Gasteiger partial charge in [0.1, 0.15) is 19.4 Å². The van der Waals surface area contributed by atoms with E-state index in [0.29, 0.717) is 5.56 Å². The summed E-state index contributed by atoms with van der Waals surface area (Å²) in [5.41, 5.74) is 1.02. The molecule has 3 aliphatic heterocycles. The molecule has 0 spiro atoms. The first-order valence-electron chi connectivity index (χ1n) is 15.3. The molecule has 2 aromatic carbocycles. The molecule has 0 aromatic heterocycles.